The van der Waals surface area contributed by atoms with Crippen LogP contribution in [0.1, 0.15) is 11.1 Å². The standard InChI is InChI=1S/C16H18ClNO.ClH/c17-15-8-6-13(7-9-15)10-16(18)12-19-11-14-4-2-1-3-5-14;/h1-9,16H,10-12,18H2;1H/t16-;/m1./s1. The van der Waals surface area contributed by atoms with Gasteiger partial charge >= 0.3 is 0 Å². The average Bonchev–Trinajstić information content (AvgIpc) is 2.43. The second kappa shape index (κ2) is 8.98. The molecule has 0 saturated heterocycles. The zero-order chi connectivity index (χ0) is 13.5. The second-order valence-corrected chi connectivity index (χ2v) is 5.03. The summed E-state index contributed by atoms with van der Waals surface area (Å²) in [5.41, 5.74) is 8.40. The molecule has 0 aliphatic rings. The number of halogens is 2. The van der Waals surface area contributed by atoms with Crippen molar-refractivity contribution in [2.45, 2.75) is 19.1 Å². The minimum absolute atomic E-state index is 0. The van der Waals surface area contributed by atoms with E-state index in [4.69, 9.17) is 22.1 Å². The molecule has 4 heteroatoms. The number of nitrogens with two attached hydrogens (primary N) is 1. The Hall–Kier alpha value is -1.06. The predicted octanol–water partition coefficient (Wildman–Crippen LogP) is 3.85. The minimum atomic E-state index is 0. The molecule has 20 heavy (non-hydrogen) atoms. The number of hydrogen-bond donors (Lipinski definition) is 1. The lowest BCUT2D eigenvalue weighted by atomic mass is 10.1. The van der Waals surface area contributed by atoms with Crippen LogP contribution in [0.5, 0.6) is 0 Å². The molecule has 2 nitrogen and oxygen atoms in total. The molecule has 2 aromatic carbocycles. The fourth-order valence-electron chi connectivity index (χ4n) is 1.88. The third-order valence-corrected chi connectivity index (χ3v) is 3.11. The molecule has 0 aliphatic heterocycles. The second-order valence-electron chi connectivity index (χ2n) is 4.59. The Bertz CT molecular complexity index is 488. The van der Waals surface area contributed by atoms with Gasteiger partial charge in [-0.15, -0.1) is 12.4 Å². The van der Waals surface area contributed by atoms with E-state index in [-0.39, 0.29) is 18.4 Å². The summed E-state index contributed by atoms with van der Waals surface area (Å²) in [4.78, 5) is 0. The molecule has 0 aliphatic carbocycles. The molecule has 0 spiro atoms. The zero-order valence-corrected chi connectivity index (χ0v) is 12.7. The lowest BCUT2D eigenvalue weighted by Crippen LogP contribution is -2.28. The van der Waals surface area contributed by atoms with E-state index in [1.807, 2.05) is 54.6 Å². The molecular formula is C16H19Cl2NO. The fraction of sp³-hybridized carbons (Fsp3) is 0.250. The third kappa shape index (κ3) is 5.93. The van der Waals surface area contributed by atoms with Crippen LogP contribution in [0.2, 0.25) is 5.02 Å². The van der Waals surface area contributed by atoms with Crippen LogP contribution in [0.25, 0.3) is 0 Å². The number of hydrogen-bond acceptors (Lipinski definition) is 2. The van der Waals surface area contributed by atoms with E-state index in [0.29, 0.717) is 13.2 Å². The zero-order valence-electron chi connectivity index (χ0n) is 11.2. The maximum absolute atomic E-state index is 6.05. The van der Waals surface area contributed by atoms with Crippen LogP contribution in [0.15, 0.2) is 54.6 Å². The van der Waals surface area contributed by atoms with Crippen LogP contribution < -0.4 is 5.73 Å². The summed E-state index contributed by atoms with van der Waals surface area (Å²) in [6, 6.07) is 17.9. The molecular weight excluding hydrogens is 293 g/mol. The van der Waals surface area contributed by atoms with Crippen LogP contribution in [0.4, 0.5) is 0 Å². The van der Waals surface area contributed by atoms with Gasteiger partial charge in [0.05, 0.1) is 13.2 Å². The molecule has 0 amide bonds. The normalized spacial score (nSPS) is 11.7. The van der Waals surface area contributed by atoms with Crippen LogP contribution in [0, 0.1) is 0 Å². The summed E-state index contributed by atoms with van der Waals surface area (Å²) in [5.74, 6) is 0. The van der Waals surface area contributed by atoms with Crippen LogP contribution in [-0.2, 0) is 17.8 Å². The van der Waals surface area contributed by atoms with Crippen LogP contribution in [0.3, 0.4) is 0 Å². The van der Waals surface area contributed by atoms with Crippen molar-refractivity contribution >= 4 is 24.0 Å². The van der Waals surface area contributed by atoms with Gasteiger partial charge in [-0.1, -0.05) is 54.1 Å². The monoisotopic (exact) mass is 311 g/mol. The topological polar surface area (TPSA) is 35.2 Å². The smallest absolute Gasteiger partial charge is 0.0717 e. The Labute approximate surface area is 131 Å². The van der Waals surface area contributed by atoms with E-state index >= 15 is 0 Å². The van der Waals surface area contributed by atoms with E-state index in [1.54, 1.807) is 0 Å². The van der Waals surface area contributed by atoms with Gasteiger partial charge in [0.15, 0.2) is 0 Å². The lowest BCUT2D eigenvalue weighted by molar-refractivity contribution is 0.108. The Balaban J connectivity index is 0.00000200. The molecule has 0 fully saturated rings. The Morgan fingerprint density at radius 2 is 1.60 bits per heavy atom. The predicted molar refractivity (Wildman–Crippen MR) is 86.5 cm³/mol. The first-order valence-corrected chi connectivity index (χ1v) is 6.73. The molecule has 0 bridgehead atoms. The van der Waals surface area contributed by atoms with E-state index in [2.05, 4.69) is 0 Å². The van der Waals surface area contributed by atoms with Gasteiger partial charge in [-0.3, -0.25) is 0 Å². The van der Waals surface area contributed by atoms with Crippen molar-refractivity contribution in [1.29, 1.82) is 0 Å². The van der Waals surface area contributed by atoms with Gasteiger partial charge in [0.2, 0.25) is 0 Å². The maximum Gasteiger partial charge on any atom is 0.0717 e. The van der Waals surface area contributed by atoms with Gasteiger partial charge < -0.3 is 10.5 Å². The van der Waals surface area contributed by atoms with Crippen molar-refractivity contribution in [3.63, 3.8) is 0 Å². The molecule has 0 unspecified atom stereocenters. The largest absolute Gasteiger partial charge is 0.375 e. The van der Waals surface area contributed by atoms with E-state index in [0.717, 1.165) is 11.4 Å². The summed E-state index contributed by atoms with van der Waals surface area (Å²) in [6.07, 6.45) is 0.798. The van der Waals surface area contributed by atoms with Crippen molar-refractivity contribution in [2.24, 2.45) is 5.73 Å². The highest BCUT2D eigenvalue weighted by atomic mass is 35.5. The highest BCUT2D eigenvalue weighted by Crippen LogP contribution is 2.11. The highest BCUT2D eigenvalue weighted by Gasteiger charge is 2.04. The first kappa shape index (κ1) is 17.0. The van der Waals surface area contributed by atoms with E-state index in [1.165, 1.54) is 11.1 Å². The van der Waals surface area contributed by atoms with Crippen molar-refractivity contribution in [2.75, 3.05) is 6.61 Å². The van der Waals surface area contributed by atoms with E-state index in [9.17, 15) is 0 Å². The van der Waals surface area contributed by atoms with Crippen molar-refractivity contribution < 1.29 is 4.74 Å². The number of rotatable bonds is 6. The number of benzene rings is 2. The Kier molecular flexibility index (Phi) is 7.63. The third-order valence-electron chi connectivity index (χ3n) is 2.85. The first-order chi connectivity index (χ1) is 9.24. The minimum Gasteiger partial charge on any atom is -0.375 e. The molecule has 0 radical (unpaired) electrons. The van der Waals surface area contributed by atoms with Crippen molar-refractivity contribution in [3.8, 4) is 0 Å². The highest BCUT2D eigenvalue weighted by molar-refractivity contribution is 6.30. The van der Waals surface area contributed by atoms with Gasteiger partial charge in [-0.05, 0) is 29.7 Å². The fourth-order valence-corrected chi connectivity index (χ4v) is 2.01. The van der Waals surface area contributed by atoms with Crippen LogP contribution in [-0.4, -0.2) is 12.6 Å². The molecule has 2 N–H and O–H groups in total. The maximum atomic E-state index is 6.05. The van der Waals surface area contributed by atoms with Gasteiger partial charge in [0, 0.05) is 11.1 Å². The van der Waals surface area contributed by atoms with Crippen molar-refractivity contribution in [1.82, 2.24) is 0 Å². The lowest BCUT2D eigenvalue weighted by Gasteiger charge is -2.12. The van der Waals surface area contributed by atoms with Gasteiger partial charge in [0.1, 0.15) is 0 Å². The Morgan fingerprint density at radius 1 is 0.950 bits per heavy atom. The number of ether oxygens (including phenoxy) is 1. The van der Waals surface area contributed by atoms with E-state index < -0.39 is 0 Å². The Morgan fingerprint density at radius 3 is 2.25 bits per heavy atom. The summed E-state index contributed by atoms with van der Waals surface area (Å²) < 4.78 is 5.63. The quantitative estimate of drug-likeness (QED) is 0.879. The summed E-state index contributed by atoms with van der Waals surface area (Å²) in [6.45, 7) is 1.16. The SMILES string of the molecule is Cl.N[C@@H](COCc1ccccc1)Cc1ccc(Cl)cc1. The molecule has 2 aromatic rings. The van der Waals surface area contributed by atoms with Crippen LogP contribution >= 0.6 is 24.0 Å². The van der Waals surface area contributed by atoms with Gasteiger partial charge in [0.25, 0.3) is 0 Å². The molecule has 0 saturated carbocycles. The van der Waals surface area contributed by atoms with Gasteiger partial charge in [-0.25, -0.2) is 0 Å². The molecule has 2 rings (SSSR count). The summed E-state index contributed by atoms with van der Waals surface area (Å²) in [5, 5.41) is 0.748. The molecule has 1 atom stereocenters. The van der Waals surface area contributed by atoms with Crippen molar-refractivity contribution in [3.05, 3.63) is 70.7 Å². The average molecular weight is 312 g/mol. The summed E-state index contributed by atoms with van der Waals surface area (Å²) in [7, 11) is 0. The summed E-state index contributed by atoms with van der Waals surface area (Å²) >= 11 is 5.84. The van der Waals surface area contributed by atoms with Gasteiger partial charge in [-0.2, -0.15) is 0 Å². The molecule has 0 aromatic heterocycles. The first-order valence-electron chi connectivity index (χ1n) is 6.36. The molecule has 108 valence electrons. The molecule has 0 heterocycles.